The number of rotatable bonds is 6. The van der Waals surface area contributed by atoms with Crippen LogP contribution in [0.25, 0.3) is 0 Å². The highest BCUT2D eigenvalue weighted by Crippen LogP contribution is 2.20. The van der Waals surface area contributed by atoms with Gasteiger partial charge in [-0.15, -0.1) is 0 Å². The van der Waals surface area contributed by atoms with Gasteiger partial charge in [-0.1, -0.05) is 29.8 Å². The van der Waals surface area contributed by atoms with E-state index in [9.17, 15) is 9.59 Å². The van der Waals surface area contributed by atoms with Crippen LogP contribution in [0.5, 0.6) is 11.5 Å². The van der Waals surface area contributed by atoms with Gasteiger partial charge in [-0.25, -0.2) is 4.79 Å². The van der Waals surface area contributed by atoms with Crippen LogP contribution in [0.1, 0.15) is 21.5 Å². The average molecular weight is 410 g/mol. The molecule has 0 saturated carbocycles. The molecule has 0 heterocycles. The summed E-state index contributed by atoms with van der Waals surface area (Å²) in [5, 5.41) is 3.12. The Balaban J connectivity index is 1.53. The van der Waals surface area contributed by atoms with Gasteiger partial charge >= 0.3 is 5.97 Å². The molecule has 6 heteroatoms. The SMILES string of the molecule is Cc1ccc(OCC(=O)Oc2ccc(NC(=O)c3ccccc3Cl)cc2)cc1C. The molecule has 0 radical (unpaired) electrons. The van der Waals surface area contributed by atoms with Crippen molar-refractivity contribution >= 4 is 29.2 Å². The monoisotopic (exact) mass is 409 g/mol. The van der Waals surface area contributed by atoms with Crippen LogP contribution in [-0.4, -0.2) is 18.5 Å². The zero-order valence-corrected chi connectivity index (χ0v) is 16.8. The number of ether oxygens (including phenoxy) is 2. The quantitative estimate of drug-likeness (QED) is 0.449. The lowest BCUT2D eigenvalue weighted by Crippen LogP contribution is -2.17. The minimum absolute atomic E-state index is 0.201. The second-order valence-electron chi connectivity index (χ2n) is 6.47. The lowest BCUT2D eigenvalue weighted by atomic mass is 10.1. The third-order valence-corrected chi connectivity index (χ3v) is 4.63. The zero-order chi connectivity index (χ0) is 20.8. The first-order valence-corrected chi connectivity index (χ1v) is 9.37. The summed E-state index contributed by atoms with van der Waals surface area (Å²) < 4.78 is 10.7. The van der Waals surface area contributed by atoms with Crippen molar-refractivity contribution in [3.05, 3.63) is 88.4 Å². The minimum atomic E-state index is -0.518. The zero-order valence-electron chi connectivity index (χ0n) is 16.1. The highest BCUT2D eigenvalue weighted by molar-refractivity contribution is 6.34. The summed E-state index contributed by atoms with van der Waals surface area (Å²) in [5.74, 6) is 0.135. The summed E-state index contributed by atoms with van der Waals surface area (Å²) in [6.07, 6.45) is 0. The van der Waals surface area contributed by atoms with Crippen LogP contribution < -0.4 is 14.8 Å². The number of amides is 1. The Bertz CT molecular complexity index is 1030. The Morgan fingerprint density at radius 3 is 2.28 bits per heavy atom. The molecule has 0 atom stereocenters. The first-order chi connectivity index (χ1) is 13.9. The summed E-state index contributed by atoms with van der Waals surface area (Å²) >= 11 is 6.03. The van der Waals surface area contributed by atoms with E-state index >= 15 is 0 Å². The third kappa shape index (κ3) is 5.59. The molecular formula is C23H20ClNO4. The van der Waals surface area contributed by atoms with Crippen molar-refractivity contribution in [2.24, 2.45) is 0 Å². The van der Waals surface area contributed by atoms with E-state index in [0.29, 0.717) is 27.8 Å². The van der Waals surface area contributed by atoms with Crippen LogP contribution in [0.3, 0.4) is 0 Å². The number of hydrogen-bond acceptors (Lipinski definition) is 4. The number of carbonyl (C=O) groups excluding carboxylic acids is 2. The first-order valence-electron chi connectivity index (χ1n) is 8.99. The maximum Gasteiger partial charge on any atom is 0.349 e. The van der Waals surface area contributed by atoms with Crippen molar-refractivity contribution in [2.75, 3.05) is 11.9 Å². The number of aryl methyl sites for hydroxylation is 2. The maximum atomic E-state index is 12.3. The summed E-state index contributed by atoms with van der Waals surface area (Å²) in [4.78, 5) is 24.3. The normalized spacial score (nSPS) is 10.3. The molecule has 0 bridgehead atoms. The van der Waals surface area contributed by atoms with Gasteiger partial charge in [0, 0.05) is 5.69 Å². The molecule has 148 valence electrons. The van der Waals surface area contributed by atoms with Crippen molar-refractivity contribution in [2.45, 2.75) is 13.8 Å². The number of esters is 1. The van der Waals surface area contributed by atoms with Crippen molar-refractivity contribution in [3.63, 3.8) is 0 Å². The fourth-order valence-corrected chi connectivity index (χ4v) is 2.78. The molecular weight excluding hydrogens is 390 g/mol. The summed E-state index contributed by atoms with van der Waals surface area (Å²) in [7, 11) is 0. The number of halogens is 1. The van der Waals surface area contributed by atoms with Gasteiger partial charge < -0.3 is 14.8 Å². The highest BCUT2D eigenvalue weighted by atomic mass is 35.5. The number of carbonyl (C=O) groups is 2. The second kappa shape index (κ2) is 9.26. The van der Waals surface area contributed by atoms with Crippen LogP contribution in [0, 0.1) is 13.8 Å². The molecule has 0 aromatic heterocycles. The van der Waals surface area contributed by atoms with Crippen LogP contribution in [-0.2, 0) is 4.79 Å². The van der Waals surface area contributed by atoms with Gasteiger partial charge in [-0.05, 0) is 73.5 Å². The lowest BCUT2D eigenvalue weighted by Gasteiger charge is -2.09. The highest BCUT2D eigenvalue weighted by Gasteiger charge is 2.11. The van der Waals surface area contributed by atoms with Crippen molar-refractivity contribution in [3.8, 4) is 11.5 Å². The number of nitrogens with one attached hydrogen (secondary N) is 1. The minimum Gasteiger partial charge on any atom is -0.482 e. The molecule has 0 aliphatic rings. The molecule has 1 amide bonds. The van der Waals surface area contributed by atoms with E-state index < -0.39 is 5.97 Å². The molecule has 0 aliphatic carbocycles. The Morgan fingerprint density at radius 2 is 1.59 bits per heavy atom. The first kappa shape index (κ1) is 20.4. The van der Waals surface area contributed by atoms with E-state index in [4.69, 9.17) is 21.1 Å². The third-order valence-electron chi connectivity index (χ3n) is 4.30. The second-order valence-corrected chi connectivity index (χ2v) is 6.87. The van der Waals surface area contributed by atoms with Gasteiger partial charge in [0.2, 0.25) is 0 Å². The van der Waals surface area contributed by atoms with Crippen molar-refractivity contribution < 1.29 is 19.1 Å². The number of benzene rings is 3. The maximum absolute atomic E-state index is 12.3. The summed E-state index contributed by atoms with van der Waals surface area (Å²) in [6, 6.07) is 18.9. The molecule has 0 saturated heterocycles. The Morgan fingerprint density at radius 1 is 0.897 bits per heavy atom. The predicted octanol–water partition coefficient (Wildman–Crippen LogP) is 5.19. The Kier molecular flexibility index (Phi) is 6.52. The van der Waals surface area contributed by atoms with Gasteiger partial charge in [0.15, 0.2) is 6.61 Å². The molecule has 0 fully saturated rings. The van der Waals surface area contributed by atoms with E-state index in [-0.39, 0.29) is 12.5 Å². The molecule has 3 aromatic rings. The van der Waals surface area contributed by atoms with Crippen LogP contribution >= 0.6 is 11.6 Å². The lowest BCUT2D eigenvalue weighted by molar-refractivity contribution is -0.136. The largest absolute Gasteiger partial charge is 0.482 e. The van der Waals surface area contributed by atoms with Gasteiger partial charge in [0.05, 0.1) is 10.6 Å². The molecule has 29 heavy (non-hydrogen) atoms. The van der Waals surface area contributed by atoms with E-state index in [2.05, 4.69) is 5.32 Å². The molecule has 0 aliphatic heterocycles. The van der Waals surface area contributed by atoms with Gasteiger partial charge in [0.1, 0.15) is 11.5 Å². The van der Waals surface area contributed by atoms with Crippen LogP contribution in [0.15, 0.2) is 66.7 Å². The Hall–Kier alpha value is -3.31. The molecule has 3 rings (SSSR count). The van der Waals surface area contributed by atoms with Crippen LogP contribution in [0.2, 0.25) is 5.02 Å². The van der Waals surface area contributed by atoms with E-state index in [1.165, 1.54) is 0 Å². The summed E-state index contributed by atoms with van der Waals surface area (Å²) in [6.45, 7) is 3.79. The number of hydrogen-bond donors (Lipinski definition) is 1. The van der Waals surface area contributed by atoms with Gasteiger partial charge in [0.25, 0.3) is 5.91 Å². The van der Waals surface area contributed by atoms with Gasteiger partial charge in [-0.2, -0.15) is 0 Å². The molecule has 5 nitrogen and oxygen atoms in total. The van der Waals surface area contributed by atoms with Crippen molar-refractivity contribution in [1.29, 1.82) is 0 Å². The van der Waals surface area contributed by atoms with Gasteiger partial charge in [-0.3, -0.25) is 4.79 Å². The number of anilines is 1. The van der Waals surface area contributed by atoms with Crippen molar-refractivity contribution in [1.82, 2.24) is 0 Å². The molecule has 1 N–H and O–H groups in total. The smallest absolute Gasteiger partial charge is 0.349 e. The topological polar surface area (TPSA) is 64.6 Å². The van der Waals surface area contributed by atoms with E-state index in [1.54, 1.807) is 48.5 Å². The fourth-order valence-electron chi connectivity index (χ4n) is 2.56. The molecule has 0 spiro atoms. The predicted molar refractivity (Wildman–Crippen MR) is 113 cm³/mol. The van der Waals surface area contributed by atoms with Crippen LogP contribution in [0.4, 0.5) is 5.69 Å². The van der Waals surface area contributed by atoms with E-state index in [1.807, 2.05) is 32.0 Å². The van der Waals surface area contributed by atoms with E-state index in [0.717, 1.165) is 11.1 Å². The molecule has 0 unspecified atom stereocenters. The molecule has 3 aromatic carbocycles. The Labute approximate surface area is 174 Å². The average Bonchev–Trinajstić information content (AvgIpc) is 2.70. The standard InChI is InChI=1S/C23H20ClNO4/c1-15-7-10-19(13-16(15)2)28-14-22(26)29-18-11-8-17(9-12-18)25-23(27)20-5-3-4-6-21(20)24/h3-13H,14H2,1-2H3,(H,25,27). The summed E-state index contributed by atoms with van der Waals surface area (Å²) in [5.41, 5.74) is 3.18. The fraction of sp³-hybridized carbons (Fsp3) is 0.130.